The summed E-state index contributed by atoms with van der Waals surface area (Å²) in [6, 6.07) is 2.71. The second-order valence-electron chi connectivity index (χ2n) is 2.57. The number of rotatable bonds is 1. The van der Waals surface area contributed by atoms with Crippen molar-refractivity contribution in [1.29, 1.82) is 0 Å². The maximum absolute atomic E-state index is 11.2. The Morgan fingerprint density at radius 3 is 2.85 bits per heavy atom. The summed E-state index contributed by atoms with van der Waals surface area (Å²) in [4.78, 5) is 22.1. The van der Waals surface area contributed by atoms with Crippen LogP contribution in [0.4, 0.5) is 4.79 Å². The lowest BCUT2D eigenvalue weighted by Crippen LogP contribution is -2.18. The lowest BCUT2D eigenvalue weighted by atomic mass is 10.3. The Balaban J connectivity index is 3.02. The highest BCUT2D eigenvalue weighted by Crippen LogP contribution is 1.96. The van der Waals surface area contributed by atoms with Gasteiger partial charge in [-0.3, -0.25) is 9.36 Å². The first kappa shape index (κ1) is 9.51. The van der Waals surface area contributed by atoms with Crippen LogP contribution in [0, 0.1) is 6.92 Å². The van der Waals surface area contributed by atoms with Crippen molar-refractivity contribution in [3.05, 3.63) is 34.2 Å². The molecular weight excluding hydrogens is 170 g/mol. The van der Waals surface area contributed by atoms with Crippen LogP contribution in [0.15, 0.2) is 23.1 Å². The Morgan fingerprint density at radius 1 is 1.62 bits per heavy atom. The fourth-order valence-electron chi connectivity index (χ4n) is 0.987. The molecule has 70 valence electrons. The molecule has 0 saturated heterocycles. The highest BCUT2D eigenvalue weighted by atomic mass is 16.5. The zero-order valence-corrected chi connectivity index (χ0v) is 7.61. The molecule has 0 aliphatic rings. The Labute approximate surface area is 75.8 Å². The molecule has 0 bridgehead atoms. The fraction of sp³-hybridized carbons (Fsp3) is 0.333. The summed E-state index contributed by atoms with van der Waals surface area (Å²) >= 11 is 0. The molecule has 1 heterocycles. The van der Waals surface area contributed by atoms with E-state index in [1.165, 1.54) is 22.9 Å². The van der Waals surface area contributed by atoms with Gasteiger partial charge in [-0.15, -0.1) is 0 Å². The summed E-state index contributed by atoms with van der Waals surface area (Å²) in [5.41, 5.74) is 0.462. The van der Waals surface area contributed by atoms with Crippen LogP contribution in [0.1, 0.15) is 12.6 Å². The maximum Gasteiger partial charge on any atom is 0.418 e. The van der Waals surface area contributed by atoms with Gasteiger partial charge in [0, 0.05) is 24.0 Å². The third-order valence-corrected chi connectivity index (χ3v) is 1.58. The number of carbonyl (C=O) groups excluding carboxylic acids is 1. The van der Waals surface area contributed by atoms with Crippen LogP contribution in [-0.4, -0.2) is 17.3 Å². The number of carbonyl (C=O) groups is 1. The van der Waals surface area contributed by atoms with Crippen molar-refractivity contribution in [3.8, 4) is 0 Å². The van der Waals surface area contributed by atoms with Gasteiger partial charge in [-0.05, 0) is 13.8 Å². The topological polar surface area (TPSA) is 48.3 Å². The van der Waals surface area contributed by atoms with Crippen LogP contribution in [0.25, 0.3) is 0 Å². The standard InChI is InChI=1S/C9H11NO3/c1-3-13-9(12)10-5-4-8(11)6-7(10)2/h4-6H,3H2,1-2H3. The quantitative estimate of drug-likeness (QED) is 0.653. The Morgan fingerprint density at radius 2 is 2.31 bits per heavy atom. The zero-order valence-electron chi connectivity index (χ0n) is 7.61. The minimum absolute atomic E-state index is 0.113. The van der Waals surface area contributed by atoms with Crippen molar-refractivity contribution >= 4 is 6.09 Å². The highest BCUT2D eigenvalue weighted by Gasteiger charge is 2.05. The SMILES string of the molecule is CCOC(=O)n1ccc(=O)cc1C. The molecule has 13 heavy (non-hydrogen) atoms. The molecule has 4 nitrogen and oxygen atoms in total. The summed E-state index contributed by atoms with van der Waals surface area (Å²) < 4.78 is 6.07. The van der Waals surface area contributed by atoms with Gasteiger partial charge in [0.05, 0.1) is 6.61 Å². The molecule has 1 rings (SSSR count). The Kier molecular flexibility index (Phi) is 2.84. The van der Waals surface area contributed by atoms with Gasteiger partial charge in [-0.2, -0.15) is 0 Å². The van der Waals surface area contributed by atoms with Crippen LogP contribution >= 0.6 is 0 Å². The van der Waals surface area contributed by atoms with E-state index < -0.39 is 6.09 Å². The van der Waals surface area contributed by atoms with Crippen molar-refractivity contribution in [1.82, 2.24) is 4.57 Å². The molecule has 0 aliphatic carbocycles. The number of nitrogens with zero attached hydrogens (tertiary/aromatic N) is 1. The van der Waals surface area contributed by atoms with Gasteiger partial charge in [-0.25, -0.2) is 4.79 Å². The van der Waals surface area contributed by atoms with Gasteiger partial charge in [0.15, 0.2) is 5.43 Å². The van der Waals surface area contributed by atoms with Crippen molar-refractivity contribution < 1.29 is 9.53 Å². The average Bonchev–Trinajstić information content (AvgIpc) is 2.04. The van der Waals surface area contributed by atoms with Gasteiger partial charge in [-0.1, -0.05) is 0 Å². The van der Waals surface area contributed by atoms with Gasteiger partial charge in [0.2, 0.25) is 0 Å². The Hall–Kier alpha value is -1.58. The summed E-state index contributed by atoms with van der Waals surface area (Å²) in [7, 11) is 0. The van der Waals surface area contributed by atoms with Crippen molar-refractivity contribution in [2.45, 2.75) is 13.8 Å². The number of ether oxygens (including phenoxy) is 1. The third kappa shape index (κ3) is 2.18. The average molecular weight is 181 g/mol. The molecule has 0 unspecified atom stereocenters. The zero-order chi connectivity index (χ0) is 9.84. The lowest BCUT2D eigenvalue weighted by molar-refractivity contribution is 0.153. The maximum atomic E-state index is 11.2. The molecule has 0 saturated carbocycles. The number of aromatic nitrogens is 1. The lowest BCUT2D eigenvalue weighted by Gasteiger charge is -2.07. The van der Waals surface area contributed by atoms with E-state index in [1.807, 2.05) is 0 Å². The van der Waals surface area contributed by atoms with Crippen molar-refractivity contribution in [2.75, 3.05) is 6.61 Å². The van der Waals surface area contributed by atoms with Gasteiger partial charge < -0.3 is 4.74 Å². The van der Waals surface area contributed by atoms with E-state index in [9.17, 15) is 9.59 Å². The highest BCUT2D eigenvalue weighted by molar-refractivity contribution is 5.71. The molecule has 0 aliphatic heterocycles. The van der Waals surface area contributed by atoms with Crippen LogP contribution in [0.5, 0.6) is 0 Å². The van der Waals surface area contributed by atoms with Gasteiger partial charge in [0.25, 0.3) is 0 Å². The van der Waals surface area contributed by atoms with Crippen LogP contribution < -0.4 is 5.43 Å². The number of hydrogen-bond donors (Lipinski definition) is 0. The minimum Gasteiger partial charge on any atom is -0.449 e. The molecule has 1 aromatic rings. The van der Waals surface area contributed by atoms with Gasteiger partial charge in [0.1, 0.15) is 0 Å². The van der Waals surface area contributed by atoms with E-state index in [2.05, 4.69) is 0 Å². The first-order chi connectivity index (χ1) is 6.15. The van der Waals surface area contributed by atoms with E-state index in [1.54, 1.807) is 13.8 Å². The molecular formula is C9H11NO3. The summed E-state index contributed by atoms with van der Waals surface area (Å²) in [6.45, 7) is 3.73. The third-order valence-electron chi connectivity index (χ3n) is 1.58. The van der Waals surface area contributed by atoms with E-state index >= 15 is 0 Å². The molecule has 4 heteroatoms. The monoisotopic (exact) mass is 181 g/mol. The fourth-order valence-corrected chi connectivity index (χ4v) is 0.987. The summed E-state index contributed by atoms with van der Waals surface area (Å²) in [6.07, 6.45) is 0.954. The van der Waals surface area contributed by atoms with Crippen LogP contribution in [0.2, 0.25) is 0 Å². The molecule has 0 fully saturated rings. The van der Waals surface area contributed by atoms with Crippen molar-refractivity contribution in [3.63, 3.8) is 0 Å². The van der Waals surface area contributed by atoms with E-state index in [0.29, 0.717) is 12.3 Å². The van der Waals surface area contributed by atoms with Gasteiger partial charge >= 0.3 is 6.09 Å². The molecule has 1 aromatic heterocycles. The molecule has 0 aromatic carbocycles. The molecule has 0 radical (unpaired) electrons. The van der Waals surface area contributed by atoms with E-state index in [0.717, 1.165) is 0 Å². The van der Waals surface area contributed by atoms with Crippen molar-refractivity contribution in [2.24, 2.45) is 0 Å². The first-order valence-electron chi connectivity index (χ1n) is 4.01. The van der Waals surface area contributed by atoms with Crippen LogP contribution in [0.3, 0.4) is 0 Å². The van der Waals surface area contributed by atoms with E-state index in [4.69, 9.17) is 4.74 Å². The summed E-state index contributed by atoms with van der Waals surface area (Å²) in [5, 5.41) is 0. The number of pyridine rings is 1. The second kappa shape index (κ2) is 3.89. The number of aryl methyl sites for hydroxylation is 1. The number of hydrogen-bond acceptors (Lipinski definition) is 3. The largest absolute Gasteiger partial charge is 0.449 e. The smallest absolute Gasteiger partial charge is 0.418 e. The molecule has 0 spiro atoms. The predicted molar refractivity (Wildman–Crippen MR) is 47.9 cm³/mol. The Bertz CT molecular complexity index is 367. The molecule has 0 N–H and O–H groups in total. The first-order valence-corrected chi connectivity index (χ1v) is 4.01. The molecule has 0 atom stereocenters. The van der Waals surface area contributed by atoms with E-state index in [-0.39, 0.29) is 5.43 Å². The van der Waals surface area contributed by atoms with Crippen LogP contribution in [-0.2, 0) is 4.74 Å². The molecule has 0 amide bonds. The normalized spacial score (nSPS) is 9.69. The second-order valence-corrected chi connectivity index (χ2v) is 2.57. The minimum atomic E-state index is -0.458. The predicted octanol–water partition coefficient (Wildman–Crippen LogP) is 1.16. The summed E-state index contributed by atoms with van der Waals surface area (Å²) in [5.74, 6) is 0.